The van der Waals surface area contributed by atoms with Crippen LogP contribution in [0.2, 0.25) is 0 Å². The molecule has 0 spiro atoms. The summed E-state index contributed by atoms with van der Waals surface area (Å²) in [6, 6.07) is 19.4. The van der Waals surface area contributed by atoms with E-state index in [0.29, 0.717) is 25.1 Å². The van der Waals surface area contributed by atoms with Crippen molar-refractivity contribution in [1.82, 2.24) is 19.9 Å². The van der Waals surface area contributed by atoms with Gasteiger partial charge in [0, 0.05) is 19.4 Å². The average Bonchev–Trinajstić information content (AvgIpc) is 3.25. The first-order chi connectivity index (χ1) is 15.1. The summed E-state index contributed by atoms with van der Waals surface area (Å²) in [6.45, 7) is 7.83. The number of nitrogens with zero attached hydrogens (tertiary/aromatic N) is 4. The quantitative estimate of drug-likeness (QED) is 0.622. The van der Waals surface area contributed by atoms with Crippen LogP contribution < -0.4 is 0 Å². The fraction of sp³-hybridized carbons (Fsp3) is 0.400. The Kier molecular flexibility index (Phi) is 5.54. The van der Waals surface area contributed by atoms with Crippen molar-refractivity contribution >= 4 is 6.09 Å². The van der Waals surface area contributed by atoms with Gasteiger partial charge in [-0.15, -0.1) is 5.10 Å². The minimum atomic E-state index is -0.994. The molecule has 32 heavy (non-hydrogen) atoms. The molecular formula is C25H30N4O3. The van der Waals surface area contributed by atoms with Crippen LogP contribution in [0.25, 0.3) is 5.69 Å². The maximum absolute atomic E-state index is 13.3. The topological polar surface area (TPSA) is 80.5 Å². The SMILES string of the molecule is CC(C)(O)CC1(c2ccccc2)CCN(C(C)(C)c2cn(-c3ccccc3)nn2)C(=O)O1. The average molecular weight is 435 g/mol. The molecule has 0 radical (unpaired) electrons. The third-order valence-electron chi connectivity index (χ3n) is 6.08. The number of cyclic esters (lactones) is 1. The Morgan fingerprint density at radius 3 is 2.25 bits per heavy atom. The van der Waals surface area contributed by atoms with Crippen LogP contribution in [-0.4, -0.2) is 43.2 Å². The predicted molar refractivity (Wildman–Crippen MR) is 121 cm³/mol. The molecule has 1 fully saturated rings. The summed E-state index contributed by atoms with van der Waals surface area (Å²) in [5.74, 6) is 0. The third-order valence-corrected chi connectivity index (χ3v) is 6.08. The zero-order chi connectivity index (χ0) is 23.0. The smallest absolute Gasteiger partial charge is 0.411 e. The fourth-order valence-corrected chi connectivity index (χ4v) is 4.42. The van der Waals surface area contributed by atoms with E-state index < -0.39 is 22.8 Å². The molecule has 0 aliphatic carbocycles. The molecule has 1 saturated heterocycles. The first kappa shape index (κ1) is 22.0. The molecule has 0 bridgehead atoms. The largest absolute Gasteiger partial charge is 0.438 e. The van der Waals surface area contributed by atoms with E-state index in [1.165, 1.54) is 0 Å². The highest BCUT2D eigenvalue weighted by Crippen LogP contribution is 2.43. The van der Waals surface area contributed by atoms with Crippen LogP contribution in [0.5, 0.6) is 0 Å². The molecular weight excluding hydrogens is 404 g/mol. The zero-order valence-corrected chi connectivity index (χ0v) is 19.0. The number of amides is 1. The minimum absolute atomic E-state index is 0.314. The van der Waals surface area contributed by atoms with Gasteiger partial charge < -0.3 is 9.84 Å². The van der Waals surface area contributed by atoms with E-state index in [9.17, 15) is 9.90 Å². The van der Waals surface area contributed by atoms with Crippen LogP contribution >= 0.6 is 0 Å². The zero-order valence-electron chi connectivity index (χ0n) is 19.0. The Balaban J connectivity index is 1.60. The van der Waals surface area contributed by atoms with Gasteiger partial charge >= 0.3 is 6.09 Å². The first-order valence-electron chi connectivity index (χ1n) is 10.9. The Bertz CT molecular complexity index is 1070. The van der Waals surface area contributed by atoms with Crippen LogP contribution in [0.15, 0.2) is 66.9 Å². The lowest BCUT2D eigenvalue weighted by molar-refractivity contribution is -0.109. The van der Waals surface area contributed by atoms with E-state index in [1.807, 2.05) is 80.7 Å². The Labute approximate surface area is 188 Å². The van der Waals surface area contributed by atoms with Crippen LogP contribution in [0.3, 0.4) is 0 Å². The van der Waals surface area contributed by atoms with Crippen molar-refractivity contribution in [3.8, 4) is 5.69 Å². The highest BCUT2D eigenvalue weighted by molar-refractivity contribution is 5.70. The van der Waals surface area contributed by atoms with Crippen LogP contribution in [0.4, 0.5) is 4.79 Å². The van der Waals surface area contributed by atoms with Gasteiger partial charge in [0.05, 0.1) is 23.0 Å². The molecule has 0 saturated carbocycles. The van der Waals surface area contributed by atoms with Crippen LogP contribution in [0, 0.1) is 0 Å². The Morgan fingerprint density at radius 2 is 1.66 bits per heavy atom. The van der Waals surface area contributed by atoms with Crippen LogP contribution in [0.1, 0.15) is 51.8 Å². The van der Waals surface area contributed by atoms with Crippen molar-refractivity contribution in [1.29, 1.82) is 0 Å². The van der Waals surface area contributed by atoms with Gasteiger partial charge in [-0.05, 0) is 45.4 Å². The van der Waals surface area contributed by atoms with Gasteiger partial charge in [-0.25, -0.2) is 9.48 Å². The lowest BCUT2D eigenvalue weighted by Crippen LogP contribution is -2.56. The number of para-hydroxylation sites is 1. The number of carbonyl (C=O) groups is 1. The summed E-state index contributed by atoms with van der Waals surface area (Å²) < 4.78 is 7.82. The van der Waals surface area contributed by atoms with Gasteiger partial charge in [-0.2, -0.15) is 0 Å². The molecule has 1 aromatic heterocycles. The molecule has 1 N–H and O–H groups in total. The Hall–Kier alpha value is -3.19. The van der Waals surface area contributed by atoms with E-state index in [-0.39, 0.29) is 0 Å². The lowest BCUT2D eigenvalue weighted by Gasteiger charge is -2.47. The van der Waals surface area contributed by atoms with E-state index in [1.54, 1.807) is 23.4 Å². The van der Waals surface area contributed by atoms with Crippen molar-refractivity contribution in [2.24, 2.45) is 0 Å². The van der Waals surface area contributed by atoms with E-state index in [4.69, 9.17) is 4.74 Å². The number of hydrogen-bond donors (Lipinski definition) is 1. The molecule has 1 atom stereocenters. The second-order valence-corrected chi connectivity index (χ2v) is 9.56. The molecule has 2 aromatic carbocycles. The van der Waals surface area contributed by atoms with Gasteiger partial charge in [0.2, 0.25) is 0 Å². The van der Waals surface area contributed by atoms with Crippen molar-refractivity contribution in [2.45, 2.75) is 57.3 Å². The third kappa shape index (κ3) is 4.25. The maximum Gasteiger partial charge on any atom is 0.411 e. The molecule has 4 rings (SSSR count). The maximum atomic E-state index is 13.3. The lowest BCUT2D eigenvalue weighted by atomic mass is 9.79. The summed E-state index contributed by atoms with van der Waals surface area (Å²) in [7, 11) is 0. The molecule has 1 unspecified atom stereocenters. The molecule has 1 aliphatic heterocycles. The standard InChI is InChI=1S/C25H30N4O3/c1-23(2,31)18-25(19-11-7-5-8-12-19)15-16-28(22(30)32-25)24(3,4)21-17-29(27-26-21)20-13-9-6-10-14-20/h5-14,17,31H,15-16,18H2,1-4H3. The molecule has 168 valence electrons. The molecule has 2 heterocycles. The van der Waals surface area contributed by atoms with Gasteiger partial charge in [0.25, 0.3) is 0 Å². The summed E-state index contributed by atoms with van der Waals surface area (Å²) in [5, 5.41) is 19.2. The van der Waals surface area contributed by atoms with Gasteiger partial charge in [-0.3, -0.25) is 4.90 Å². The fourth-order valence-electron chi connectivity index (χ4n) is 4.42. The number of benzene rings is 2. The van der Waals surface area contributed by atoms with Gasteiger partial charge in [0.1, 0.15) is 11.3 Å². The monoisotopic (exact) mass is 434 g/mol. The van der Waals surface area contributed by atoms with E-state index in [0.717, 1.165) is 11.3 Å². The highest BCUT2D eigenvalue weighted by Gasteiger charge is 2.49. The Morgan fingerprint density at radius 1 is 1.03 bits per heavy atom. The van der Waals surface area contributed by atoms with Crippen molar-refractivity contribution in [3.63, 3.8) is 0 Å². The number of aromatic nitrogens is 3. The van der Waals surface area contributed by atoms with E-state index >= 15 is 0 Å². The summed E-state index contributed by atoms with van der Waals surface area (Å²) >= 11 is 0. The van der Waals surface area contributed by atoms with Crippen molar-refractivity contribution in [3.05, 3.63) is 78.1 Å². The molecule has 7 nitrogen and oxygen atoms in total. The van der Waals surface area contributed by atoms with Gasteiger partial charge in [0.15, 0.2) is 0 Å². The summed E-state index contributed by atoms with van der Waals surface area (Å²) in [5.41, 5.74) is -0.133. The number of hydrogen-bond acceptors (Lipinski definition) is 5. The molecule has 1 amide bonds. The second-order valence-electron chi connectivity index (χ2n) is 9.56. The number of aliphatic hydroxyl groups is 1. The second kappa shape index (κ2) is 8.06. The number of ether oxygens (including phenoxy) is 1. The first-order valence-corrected chi connectivity index (χ1v) is 10.9. The normalized spacial score (nSPS) is 19.7. The molecule has 3 aromatic rings. The van der Waals surface area contributed by atoms with Crippen LogP contribution in [-0.2, 0) is 15.9 Å². The number of rotatable bonds is 6. The van der Waals surface area contributed by atoms with Gasteiger partial charge in [-0.1, -0.05) is 53.7 Å². The minimum Gasteiger partial charge on any atom is -0.438 e. The highest BCUT2D eigenvalue weighted by atomic mass is 16.6. The predicted octanol–water partition coefficient (Wildman–Crippen LogP) is 4.40. The number of carbonyl (C=O) groups excluding carboxylic acids is 1. The summed E-state index contributed by atoms with van der Waals surface area (Å²) in [6.07, 6.45) is 2.29. The van der Waals surface area contributed by atoms with Crippen molar-refractivity contribution in [2.75, 3.05) is 6.54 Å². The van der Waals surface area contributed by atoms with Crippen molar-refractivity contribution < 1.29 is 14.6 Å². The molecule has 7 heteroatoms. The molecule has 1 aliphatic rings. The summed E-state index contributed by atoms with van der Waals surface area (Å²) in [4.78, 5) is 15.0. The van der Waals surface area contributed by atoms with E-state index in [2.05, 4.69) is 10.3 Å².